The first kappa shape index (κ1) is 13.1. The van der Waals surface area contributed by atoms with Crippen LogP contribution < -0.4 is 0 Å². The molecule has 3 heteroatoms. The third kappa shape index (κ3) is 4.69. The highest BCUT2D eigenvalue weighted by Gasteiger charge is 2.06. The Morgan fingerprint density at radius 3 is 2.88 bits per heavy atom. The van der Waals surface area contributed by atoms with Crippen LogP contribution in [0.2, 0.25) is 0 Å². The highest BCUT2D eigenvalue weighted by Crippen LogP contribution is 2.22. The van der Waals surface area contributed by atoms with Crippen LogP contribution in [0.15, 0.2) is 29.2 Å². The Labute approximate surface area is 100 Å². The van der Waals surface area contributed by atoms with Crippen molar-refractivity contribution in [3.63, 3.8) is 0 Å². The van der Waals surface area contributed by atoms with Crippen molar-refractivity contribution < 1.29 is 9.50 Å². The van der Waals surface area contributed by atoms with E-state index in [1.165, 1.54) is 17.8 Å². The van der Waals surface area contributed by atoms with Crippen molar-refractivity contribution in [2.75, 3.05) is 5.75 Å². The Hall–Kier alpha value is -0.980. The predicted molar refractivity (Wildman–Crippen MR) is 65.8 cm³/mol. The molecule has 0 saturated carbocycles. The monoisotopic (exact) mass is 238 g/mol. The van der Waals surface area contributed by atoms with Crippen molar-refractivity contribution in [3.8, 4) is 11.8 Å². The third-order valence-electron chi connectivity index (χ3n) is 2.05. The summed E-state index contributed by atoms with van der Waals surface area (Å²) in [5.41, 5.74) is 0. The van der Waals surface area contributed by atoms with Gasteiger partial charge in [-0.2, -0.15) is 0 Å². The Balaban J connectivity index is 2.33. The van der Waals surface area contributed by atoms with Gasteiger partial charge in [0.1, 0.15) is 5.82 Å². The summed E-state index contributed by atoms with van der Waals surface area (Å²) < 4.78 is 13.2. The van der Waals surface area contributed by atoms with Gasteiger partial charge in [0.2, 0.25) is 0 Å². The molecule has 0 bridgehead atoms. The third-order valence-corrected chi connectivity index (χ3v) is 3.24. The first-order valence-corrected chi connectivity index (χ1v) is 6.17. The molecule has 0 aliphatic rings. The first-order chi connectivity index (χ1) is 7.74. The fourth-order valence-corrected chi connectivity index (χ4v) is 2.11. The lowest BCUT2D eigenvalue weighted by Gasteiger charge is -2.08. The van der Waals surface area contributed by atoms with Crippen LogP contribution in [0.3, 0.4) is 0 Å². The minimum Gasteiger partial charge on any atom is -0.392 e. The average molecular weight is 238 g/mol. The Kier molecular flexibility index (Phi) is 5.99. The zero-order valence-corrected chi connectivity index (χ0v) is 10.1. The topological polar surface area (TPSA) is 20.2 Å². The molecule has 0 radical (unpaired) electrons. The van der Waals surface area contributed by atoms with Gasteiger partial charge in [0.05, 0.1) is 6.10 Å². The maximum Gasteiger partial charge on any atom is 0.136 e. The van der Waals surface area contributed by atoms with Gasteiger partial charge in [0.15, 0.2) is 0 Å². The van der Waals surface area contributed by atoms with Crippen molar-refractivity contribution in [3.05, 3.63) is 30.1 Å². The number of hydrogen-bond donors (Lipinski definition) is 1. The van der Waals surface area contributed by atoms with E-state index in [1.54, 1.807) is 25.1 Å². The van der Waals surface area contributed by atoms with Gasteiger partial charge in [-0.15, -0.1) is 23.6 Å². The van der Waals surface area contributed by atoms with Crippen molar-refractivity contribution >= 4 is 11.8 Å². The summed E-state index contributed by atoms with van der Waals surface area (Å²) in [6.45, 7) is 1.78. The molecule has 1 N–H and O–H groups in total. The summed E-state index contributed by atoms with van der Waals surface area (Å²) in [5.74, 6) is 5.95. The van der Waals surface area contributed by atoms with Crippen LogP contribution in [0, 0.1) is 17.7 Å². The number of hydrogen-bond acceptors (Lipinski definition) is 2. The number of rotatable bonds is 5. The molecule has 0 aliphatic heterocycles. The lowest BCUT2D eigenvalue weighted by molar-refractivity contribution is 0.191. The molecule has 0 aliphatic carbocycles. The molecule has 16 heavy (non-hydrogen) atoms. The van der Waals surface area contributed by atoms with Crippen LogP contribution in [0.4, 0.5) is 4.39 Å². The van der Waals surface area contributed by atoms with Gasteiger partial charge in [-0.1, -0.05) is 12.1 Å². The molecular weight excluding hydrogens is 223 g/mol. The van der Waals surface area contributed by atoms with Gasteiger partial charge < -0.3 is 5.11 Å². The highest BCUT2D eigenvalue weighted by molar-refractivity contribution is 7.99. The summed E-state index contributed by atoms with van der Waals surface area (Å²) in [7, 11) is 0. The largest absolute Gasteiger partial charge is 0.392 e. The molecule has 0 spiro atoms. The van der Waals surface area contributed by atoms with Gasteiger partial charge in [0.25, 0.3) is 0 Å². The Morgan fingerprint density at radius 1 is 1.44 bits per heavy atom. The zero-order valence-electron chi connectivity index (χ0n) is 9.24. The van der Waals surface area contributed by atoms with E-state index in [-0.39, 0.29) is 5.82 Å². The van der Waals surface area contributed by atoms with Gasteiger partial charge in [-0.3, -0.25) is 0 Å². The van der Waals surface area contributed by atoms with Crippen LogP contribution in [0.5, 0.6) is 0 Å². The molecule has 1 nitrogen and oxygen atoms in total. The molecule has 1 unspecified atom stereocenters. The van der Waals surface area contributed by atoms with Crippen LogP contribution >= 0.6 is 11.8 Å². The highest BCUT2D eigenvalue weighted by atomic mass is 32.2. The lowest BCUT2D eigenvalue weighted by Crippen LogP contribution is -2.09. The molecular formula is C13H15FOS. The molecule has 86 valence electrons. The number of aliphatic hydroxyl groups is 1. The summed E-state index contributed by atoms with van der Waals surface area (Å²) in [4.78, 5) is 0.586. The molecule has 0 aromatic heterocycles. The maximum atomic E-state index is 13.2. The van der Waals surface area contributed by atoms with Crippen molar-refractivity contribution in [1.29, 1.82) is 0 Å². The lowest BCUT2D eigenvalue weighted by atomic mass is 10.2. The van der Waals surface area contributed by atoms with Crippen molar-refractivity contribution in [2.45, 2.75) is 30.8 Å². The fraction of sp³-hybridized carbons (Fsp3) is 0.385. The summed E-state index contributed by atoms with van der Waals surface area (Å²) in [6.07, 6.45) is 0.906. The second kappa shape index (κ2) is 7.32. The van der Waals surface area contributed by atoms with E-state index >= 15 is 0 Å². The number of thioether (sulfide) groups is 1. The second-order valence-corrected chi connectivity index (χ2v) is 4.42. The predicted octanol–water partition coefficient (Wildman–Crippen LogP) is 3.08. The molecule has 1 aromatic rings. The van der Waals surface area contributed by atoms with E-state index in [0.29, 0.717) is 23.5 Å². The van der Waals surface area contributed by atoms with E-state index in [1.807, 2.05) is 0 Å². The van der Waals surface area contributed by atoms with Gasteiger partial charge in [-0.05, 0) is 25.5 Å². The SMILES string of the molecule is CC#CCCC(O)CSc1ccccc1F. The molecule has 0 heterocycles. The molecule has 1 rings (SSSR count). The molecule has 0 amide bonds. The molecule has 0 fully saturated rings. The Morgan fingerprint density at radius 2 is 2.19 bits per heavy atom. The Bertz CT molecular complexity index is 381. The first-order valence-electron chi connectivity index (χ1n) is 5.19. The standard InChI is InChI=1S/C13H15FOS/c1-2-3-4-7-11(15)10-16-13-9-6-5-8-12(13)14/h5-6,8-9,11,15H,4,7,10H2,1H3. The second-order valence-electron chi connectivity index (χ2n) is 3.36. The number of halogens is 1. The zero-order chi connectivity index (χ0) is 11.8. The summed E-state index contributed by atoms with van der Waals surface area (Å²) in [6, 6.07) is 6.60. The van der Waals surface area contributed by atoms with E-state index in [4.69, 9.17) is 0 Å². The molecule has 0 saturated heterocycles. The van der Waals surface area contributed by atoms with Crippen LogP contribution in [-0.4, -0.2) is 17.0 Å². The maximum absolute atomic E-state index is 13.2. The minimum atomic E-state index is -0.426. The van der Waals surface area contributed by atoms with E-state index < -0.39 is 6.10 Å². The van der Waals surface area contributed by atoms with Crippen LogP contribution in [0.25, 0.3) is 0 Å². The van der Waals surface area contributed by atoms with E-state index in [9.17, 15) is 9.50 Å². The van der Waals surface area contributed by atoms with Gasteiger partial charge >= 0.3 is 0 Å². The average Bonchev–Trinajstić information content (AvgIpc) is 2.28. The number of aliphatic hydroxyl groups excluding tert-OH is 1. The summed E-state index contributed by atoms with van der Waals surface area (Å²) >= 11 is 1.34. The quantitative estimate of drug-likeness (QED) is 0.628. The van der Waals surface area contributed by atoms with Crippen LogP contribution in [0.1, 0.15) is 19.8 Å². The van der Waals surface area contributed by atoms with Crippen LogP contribution in [-0.2, 0) is 0 Å². The van der Waals surface area contributed by atoms with E-state index in [0.717, 1.165) is 0 Å². The van der Waals surface area contributed by atoms with Crippen molar-refractivity contribution in [1.82, 2.24) is 0 Å². The normalized spacial score (nSPS) is 11.7. The van der Waals surface area contributed by atoms with Gasteiger partial charge in [0, 0.05) is 17.1 Å². The van der Waals surface area contributed by atoms with Crippen molar-refractivity contribution in [2.24, 2.45) is 0 Å². The smallest absolute Gasteiger partial charge is 0.136 e. The van der Waals surface area contributed by atoms with E-state index in [2.05, 4.69) is 11.8 Å². The summed E-state index contributed by atoms with van der Waals surface area (Å²) in [5, 5.41) is 9.62. The van der Waals surface area contributed by atoms with Gasteiger partial charge in [-0.25, -0.2) is 4.39 Å². The molecule has 1 aromatic carbocycles. The minimum absolute atomic E-state index is 0.229. The number of benzene rings is 1. The molecule has 1 atom stereocenters. The fourth-order valence-electron chi connectivity index (χ4n) is 1.19.